The van der Waals surface area contributed by atoms with E-state index in [4.69, 9.17) is 4.74 Å². The molecule has 0 spiro atoms. The van der Waals surface area contributed by atoms with Crippen LogP contribution in [-0.2, 0) is 9.53 Å². The van der Waals surface area contributed by atoms with E-state index in [-0.39, 0.29) is 5.92 Å². The molecule has 1 saturated carbocycles. The molecule has 17 heavy (non-hydrogen) atoms. The fraction of sp³-hybridized carbons (Fsp3) is 0.833. The average molecular weight is 241 g/mol. The van der Waals surface area contributed by atoms with Crippen LogP contribution < -0.4 is 0 Å². The maximum absolute atomic E-state index is 11.9. The Bertz CT molecular complexity index is 360. The number of nitrogens with zero attached hydrogens (tertiary/aromatic N) is 1. The van der Waals surface area contributed by atoms with Gasteiger partial charge in [-0.15, -0.1) is 0 Å². The van der Waals surface area contributed by atoms with Crippen LogP contribution in [0.2, 0.25) is 0 Å². The molecule has 96 valence electrons. The van der Waals surface area contributed by atoms with Crippen molar-refractivity contribution in [1.29, 1.82) is 0 Å². The van der Waals surface area contributed by atoms with Gasteiger partial charge in [-0.05, 0) is 39.5 Å². The molecule has 0 aromatic heterocycles. The van der Waals surface area contributed by atoms with Crippen LogP contribution in [-0.4, -0.2) is 40.8 Å². The summed E-state index contributed by atoms with van der Waals surface area (Å²) in [6, 6.07) is 0. The lowest BCUT2D eigenvalue weighted by molar-refractivity contribution is -0.145. The van der Waals surface area contributed by atoms with Gasteiger partial charge in [0.25, 0.3) is 0 Å². The summed E-state index contributed by atoms with van der Waals surface area (Å²) in [5.41, 5.74) is -1.22. The molecule has 0 bridgehead atoms. The second kappa shape index (κ2) is 3.62. The Morgan fingerprint density at radius 1 is 1.41 bits per heavy atom. The molecular weight excluding hydrogens is 222 g/mol. The summed E-state index contributed by atoms with van der Waals surface area (Å²) >= 11 is 0. The number of rotatable bonds is 1. The Morgan fingerprint density at radius 3 is 2.59 bits per heavy atom. The van der Waals surface area contributed by atoms with Gasteiger partial charge in [-0.1, -0.05) is 0 Å². The van der Waals surface area contributed by atoms with Gasteiger partial charge in [0.05, 0.1) is 5.41 Å². The van der Waals surface area contributed by atoms with Crippen LogP contribution in [0.3, 0.4) is 0 Å². The summed E-state index contributed by atoms with van der Waals surface area (Å²) in [5, 5.41) is 9.19. The van der Waals surface area contributed by atoms with Crippen molar-refractivity contribution < 1.29 is 19.4 Å². The van der Waals surface area contributed by atoms with Gasteiger partial charge < -0.3 is 14.7 Å². The minimum absolute atomic E-state index is 0.249. The van der Waals surface area contributed by atoms with Crippen molar-refractivity contribution in [3.63, 3.8) is 0 Å². The van der Waals surface area contributed by atoms with Crippen molar-refractivity contribution in [3.05, 3.63) is 0 Å². The summed E-state index contributed by atoms with van der Waals surface area (Å²) in [6.45, 7) is 6.32. The molecule has 2 atom stereocenters. The van der Waals surface area contributed by atoms with Crippen molar-refractivity contribution in [2.24, 2.45) is 11.3 Å². The van der Waals surface area contributed by atoms with Crippen molar-refractivity contribution in [3.8, 4) is 0 Å². The highest BCUT2D eigenvalue weighted by atomic mass is 16.6. The lowest BCUT2D eigenvalue weighted by Gasteiger charge is -2.32. The molecule has 1 aliphatic heterocycles. The third kappa shape index (κ3) is 2.23. The monoisotopic (exact) mass is 241 g/mol. The summed E-state index contributed by atoms with van der Waals surface area (Å²) in [5.74, 6) is -0.533. The number of amides is 1. The second-order valence-corrected chi connectivity index (χ2v) is 6.05. The Balaban J connectivity index is 2.00. The van der Waals surface area contributed by atoms with Gasteiger partial charge in [0.1, 0.15) is 5.60 Å². The van der Waals surface area contributed by atoms with Gasteiger partial charge in [0, 0.05) is 13.1 Å². The zero-order valence-corrected chi connectivity index (χ0v) is 10.5. The molecule has 2 rings (SSSR count). The molecule has 1 unspecified atom stereocenters. The number of piperidine rings is 1. The normalized spacial score (nSPS) is 31.7. The number of carbonyl (C=O) groups is 2. The van der Waals surface area contributed by atoms with Crippen molar-refractivity contribution >= 4 is 12.1 Å². The SMILES string of the molecule is CC(C)(C)OC(=O)N1CCC2C[C@]2(C(=O)O)C1. The van der Waals surface area contributed by atoms with Gasteiger partial charge in [-0.3, -0.25) is 4.79 Å². The quantitative estimate of drug-likeness (QED) is 0.759. The van der Waals surface area contributed by atoms with E-state index in [1.54, 1.807) is 0 Å². The number of carbonyl (C=O) groups excluding carboxylic acids is 1. The van der Waals surface area contributed by atoms with Crippen LogP contribution in [0.5, 0.6) is 0 Å². The molecule has 2 fully saturated rings. The minimum atomic E-state index is -0.782. The van der Waals surface area contributed by atoms with Gasteiger partial charge in [-0.2, -0.15) is 0 Å². The summed E-state index contributed by atoms with van der Waals surface area (Å²) in [6.07, 6.45) is 1.07. The Morgan fingerprint density at radius 2 is 2.06 bits per heavy atom. The molecule has 1 amide bonds. The zero-order chi connectivity index (χ0) is 12.8. The van der Waals surface area contributed by atoms with Crippen molar-refractivity contribution in [2.45, 2.75) is 39.2 Å². The Labute approximate surface area is 101 Å². The molecule has 5 nitrogen and oxygen atoms in total. The first-order valence-electron chi connectivity index (χ1n) is 5.96. The smallest absolute Gasteiger partial charge is 0.410 e. The fourth-order valence-corrected chi connectivity index (χ4v) is 2.50. The fourth-order valence-electron chi connectivity index (χ4n) is 2.50. The van der Waals surface area contributed by atoms with E-state index < -0.39 is 23.1 Å². The maximum Gasteiger partial charge on any atom is 0.410 e. The third-order valence-electron chi connectivity index (χ3n) is 3.53. The molecule has 0 aromatic carbocycles. The van der Waals surface area contributed by atoms with E-state index in [9.17, 15) is 14.7 Å². The van der Waals surface area contributed by atoms with Crippen molar-refractivity contribution in [2.75, 3.05) is 13.1 Å². The third-order valence-corrected chi connectivity index (χ3v) is 3.53. The molecule has 1 aliphatic carbocycles. The standard InChI is InChI=1S/C12H19NO4/c1-11(2,3)17-10(16)13-5-4-8-6-12(8,7-13)9(14)15/h8H,4-7H2,1-3H3,(H,14,15)/t8?,12-/m0/s1. The number of aliphatic carboxylic acids is 1. The summed E-state index contributed by atoms with van der Waals surface area (Å²) in [7, 11) is 0. The summed E-state index contributed by atoms with van der Waals surface area (Å²) in [4.78, 5) is 24.6. The highest BCUT2D eigenvalue weighted by Crippen LogP contribution is 2.57. The lowest BCUT2D eigenvalue weighted by atomic mass is 9.98. The van der Waals surface area contributed by atoms with E-state index >= 15 is 0 Å². The maximum atomic E-state index is 11.9. The van der Waals surface area contributed by atoms with Crippen LogP contribution in [0, 0.1) is 11.3 Å². The van der Waals surface area contributed by atoms with E-state index in [0.717, 1.165) is 6.42 Å². The van der Waals surface area contributed by atoms with E-state index in [2.05, 4.69) is 0 Å². The Hall–Kier alpha value is -1.26. The van der Waals surface area contributed by atoms with Crippen LogP contribution in [0.25, 0.3) is 0 Å². The first-order valence-corrected chi connectivity index (χ1v) is 5.96. The number of carboxylic acid groups (broad SMARTS) is 1. The molecule has 0 radical (unpaired) electrons. The molecular formula is C12H19NO4. The predicted molar refractivity (Wildman–Crippen MR) is 60.6 cm³/mol. The zero-order valence-electron chi connectivity index (χ0n) is 10.5. The molecule has 1 saturated heterocycles. The first-order chi connectivity index (χ1) is 7.74. The number of carboxylic acids is 1. The molecule has 1 heterocycles. The second-order valence-electron chi connectivity index (χ2n) is 6.05. The van der Waals surface area contributed by atoms with Crippen LogP contribution in [0.15, 0.2) is 0 Å². The van der Waals surface area contributed by atoms with Crippen LogP contribution in [0.1, 0.15) is 33.6 Å². The van der Waals surface area contributed by atoms with E-state index in [0.29, 0.717) is 19.5 Å². The lowest BCUT2D eigenvalue weighted by Crippen LogP contribution is -2.45. The number of hydrogen-bond donors (Lipinski definition) is 1. The average Bonchev–Trinajstić information content (AvgIpc) is 2.88. The van der Waals surface area contributed by atoms with Gasteiger partial charge >= 0.3 is 12.1 Å². The number of fused-ring (bicyclic) bond motifs is 1. The van der Waals surface area contributed by atoms with Crippen molar-refractivity contribution in [1.82, 2.24) is 4.90 Å². The van der Waals surface area contributed by atoms with Gasteiger partial charge in [0.15, 0.2) is 0 Å². The van der Waals surface area contributed by atoms with Gasteiger partial charge in [0.2, 0.25) is 0 Å². The summed E-state index contributed by atoms with van der Waals surface area (Å²) < 4.78 is 5.26. The highest BCUT2D eigenvalue weighted by molar-refractivity contribution is 5.80. The largest absolute Gasteiger partial charge is 0.481 e. The topological polar surface area (TPSA) is 66.8 Å². The first kappa shape index (κ1) is 12.2. The minimum Gasteiger partial charge on any atom is -0.481 e. The Kier molecular flexibility index (Phi) is 2.60. The van der Waals surface area contributed by atoms with Crippen LogP contribution >= 0.6 is 0 Å². The van der Waals surface area contributed by atoms with E-state index in [1.165, 1.54) is 4.90 Å². The van der Waals surface area contributed by atoms with Crippen LogP contribution in [0.4, 0.5) is 4.79 Å². The molecule has 2 aliphatic rings. The molecule has 5 heteroatoms. The van der Waals surface area contributed by atoms with Gasteiger partial charge in [-0.25, -0.2) is 4.79 Å². The molecule has 0 aromatic rings. The van der Waals surface area contributed by atoms with E-state index in [1.807, 2.05) is 20.8 Å². The number of hydrogen-bond acceptors (Lipinski definition) is 3. The number of likely N-dealkylation sites (tertiary alicyclic amines) is 1. The molecule has 1 N–H and O–H groups in total. The highest BCUT2D eigenvalue weighted by Gasteiger charge is 2.63. The predicted octanol–water partition coefficient (Wildman–Crippen LogP) is 1.72. The number of ether oxygens (including phenoxy) is 1.